The highest BCUT2D eigenvalue weighted by molar-refractivity contribution is 5.43. The molecule has 0 bridgehead atoms. The molecule has 6 heteroatoms. The van der Waals surface area contributed by atoms with Crippen LogP contribution in [0.15, 0.2) is 42.5 Å². The summed E-state index contributed by atoms with van der Waals surface area (Å²) in [7, 11) is 0. The lowest BCUT2D eigenvalue weighted by molar-refractivity contribution is -0.384. The van der Waals surface area contributed by atoms with Gasteiger partial charge in [-0.25, -0.2) is 0 Å². The minimum absolute atomic E-state index is 0.0116. The molecule has 0 aliphatic carbocycles. The lowest BCUT2D eigenvalue weighted by atomic mass is 10.1. The predicted octanol–water partition coefficient (Wildman–Crippen LogP) is 2.34. The van der Waals surface area contributed by atoms with Crippen molar-refractivity contribution in [3.63, 3.8) is 0 Å². The lowest BCUT2D eigenvalue weighted by Gasteiger charge is -2.10. The van der Waals surface area contributed by atoms with Gasteiger partial charge >= 0.3 is 0 Å². The number of nitro benzene ring substituents is 1. The van der Waals surface area contributed by atoms with Crippen LogP contribution in [0.3, 0.4) is 0 Å². The first kappa shape index (κ1) is 13.8. The summed E-state index contributed by atoms with van der Waals surface area (Å²) in [5, 5.41) is 19.9. The molecule has 0 unspecified atom stereocenters. The number of non-ortho nitro benzene ring substituents is 1. The summed E-state index contributed by atoms with van der Waals surface area (Å²) in [6.45, 7) is 0.456. The zero-order valence-corrected chi connectivity index (χ0v) is 10.7. The number of phenolic OH excluding ortho intramolecular Hbond substituents is 1. The van der Waals surface area contributed by atoms with E-state index < -0.39 is 4.92 Å². The van der Waals surface area contributed by atoms with Crippen molar-refractivity contribution in [2.24, 2.45) is 5.73 Å². The standard InChI is InChI=1S/C14H14N2O4/c15-8-11-7-12(16(18)19)3-6-14(11)20-9-10-1-4-13(17)5-2-10/h1-7,17H,8-9,15H2. The van der Waals surface area contributed by atoms with Crippen molar-refractivity contribution in [3.05, 3.63) is 63.7 Å². The Bertz CT molecular complexity index is 611. The van der Waals surface area contributed by atoms with Gasteiger partial charge in [-0.05, 0) is 23.8 Å². The average molecular weight is 274 g/mol. The minimum Gasteiger partial charge on any atom is -0.508 e. The Hall–Kier alpha value is -2.60. The van der Waals surface area contributed by atoms with Gasteiger partial charge in [0.25, 0.3) is 5.69 Å². The van der Waals surface area contributed by atoms with Crippen molar-refractivity contribution in [3.8, 4) is 11.5 Å². The van der Waals surface area contributed by atoms with Crippen molar-refractivity contribution in [1.29, 1.82) is 0 Å². The molecule has 0 aromatic heterocycles. The summed E-state index contributed by atoms with van der Waals surface area (Å²) in [5.41, 5.74) is 7.02. The number of nitrogens with two attached hydrogens (primary N) is 1. The quantitative estimate of drug-likeness (QED) is 0.644. The van der Waals surface area contributed by atoms with E-state index in [4.69, 9.17) is 10.5 Å². The first-order valence-electron chi connectivity index (χ1n) is 5.98. The Morgan fingerprint density at radius 1 is 1.20 bits per heavy atom. The van der Waals surface area contributed by atoms with E-state index in [1.807, 2.05) is 0 Å². The third-order valence-electron chi connectivity index (χ3n) is 2.81. The van der Waals surface area contributed by atoms with Gasteiger partial charge in [0, 0.05) is 24.2 Å². The van der Waals surface area contributed by atoms with Crippen LogP contribution < -0.4 is 10.5 Å². The van der Waals surface area contributed by atoms with E-state index in [-0.39, 0.29) is 18.0 Å². The molecule has 6 nitrogen and oxygen atoms in total. The largest absolute Gasteiger partial charge is 0.508 e. The maximum absolute atomic E-state index is 10.7. The van der Waals surface area contributed by atoms with Crippen LogP contribution in [-0.4, -0.2) is 10.0 Å². The highest BCUT2D eigenvalue weighted by atomic mass is 16.6. The van der Waals surface area contributed by atoms with Gasteiger partial charge in [-0.3, -0.25) is 10.1 Å². The van der Waals surface area contributed by atoms with Gasteiger partial charge in [0.05, 0.1) is 4.92 Å². The predicted molar refractivity (Wildman–Crippen MR) is 73.4 cm³/mol. The van der Waals surface area contributed by atoms with Crippen molar-refractivity contribution >= 4 is 5.69 Å². The molecule has 0 spiro atoms. The third kappa shape index (κ3) is 3.24. The molecule has 0 atom stereocenters. The molecule has 0 amide bonds. The number of nitrogens with zero attached hydrogens (tertiary/aromatic N) is 1. The summed E-state index contributed by atoms with van der Waals surface area (Å²) in [5.74, 6) is 0.706. The second kappa shape index (κ2) is 6.03. The van der Waals surface area contributed by atoms with Gasteiger partial charge in [-0.1, -0.05) is 12.1 Å². The van der Waals surface area contributed by atoms with Crippen LogP contribution in [0, 0.1) is 10.1 Å². The second-order valence-electron chi connectivity index (χ2n) is 4.21. The number of aromatic hydroxyl groups is 1. The summed E-state index contributed by atoms with van der Waals surface area (Å²) in [6.07, 6.45) is 0. The van der Waals surface area contributed by atoms with Crippen molar-refractivity contribution in [2.45, 2.75) is 13.2 Å². The molecule has 20 heavy (non-hydrogen) atoms. The Labute approximate surface area is 115 Å². The molecule has 0 aliphatic heterocycles. The summed E-state index contributed by atoms with van der Waals surface area (Å²) in [4.78, 5) is 10.2. The molecule has 2 rings (SSSR count). The van der Waals surface area contributed by atoms with Gasteiger partial charge in [-0.15, -0.1) is 0 Å². The average Bonchev–Trinajstić information content (AvgIpc) is 2.46. The first-order valence-corrected chi connectivity index (χ1v) is 5.98. The molecule has 0 radical (unpaired) electrons. The topological polar surface area (TPSA) is 98.6 Å². The van der Waals surface area contributed by atoms with E-state index in [0.717, 1.165) is 5.56 Å². The zero-order valence-electron chi connectivity index (χ0n) is 10.7. The van der Waals surface area contributed by atoms with Gasteiger partial charge in [-0.2, -0.15) is 0 Å². The molecule has 3 N–H and O–H groups in total. The molecule has 104 valence electrons. The van der Waals surface area contributed by atoms with Crippen LogP contribution in [0.25, 0.3) is 0 Å². The molecule has 0 fully saturated rings. The van der Waals surface area contributed by atoms with Crippen LogP contribution in [0.1, 0.15) is 11.1 Å². The maximum Gasteiger partial charge on any atom is 0.270 e. The molecule has 2 aromatic carbocycles. The summed E-state index contributed by atoms with van der Waals surface area (Å²) < 4.78 is 5.60. The molecular formula is C14H14N2O4. The van der Waals surface area contributed by atoms with Crippen LogP contribution in [-0.2, 0) is 13.2 Å². The summed E-state index contributed by atoms with van der Waals surface area (Å²) in [6, 6.07) is 10.9. The van der Waals surface area contributed by atoms with Gasteiger partial charge in [0.2, 0.25) is 0 Å². The lowest BCUT2D eigenvalue weighted by Crippen LogP contribution is -2.03. The molecule has 0 saturated heterocycles. The fourth-order valence-corrected chi connectivity index (χ4v) is 1.73. The Balaban J connectivity index is 2.12. The fraction of sp³-hybridized carbons (Fsp3) is 0.143. The highest BCUT2D eigenvalue weighted by Crippen LogP contribution is 2.24. The summed E-state index contributed by atoms with van der Waals surface area (Å²) >= 11 is 0. The van der Waals surface area contributed by atoms with Crippen LogP contribution in [0.4, 0.5) is 5.69 Å². The SMILES string of the molecule is NCc1cc([N+](=O)[O-])ccc1OCc1ccc(O)cc1. The third-order valence-corrected chi connectivity index (χ3v) is 2.81. The van der Waals surface area contributed by atoms with Gasteiger partial charge < -0.3 is 15.6 Å². The number of benzene rings is 2. The van der Waals surface area contributed by atoms with Crippen LogP contribution in [0.2, 0.25) is 0 Å². The van der Waals surface area contributed by atoms with Crippen molar-refractivity contribution in [1.82, 2.24) is 0 Å². The molecule has 0 aliphatic rings. The number of nitro groups is 1. The fourth-order valence-electron chi connectivity index (χ4n) is 1.73. The number of hydrogen-bond donors (Lipinski definition) is 2. The van der Waals surface area contributed by atoms with Crippen molar-refractivity contribution < 1.29 is 14.8 Å². The Morgan fingerprint density at radius 3 is 2.50 bits per heavy atom. The van der Waals surface area contributed by atoms with E-state index in [1.54, 1.807) is 30.3 Å². The molecule has 0 heterocycles. The highest BCUT2D eigenvalue weighted by Gasteiger charge is 2.10. The Morgan fingerprint density at radius 2 is 1.90 bits per heavy atom. The normalized spacial score (nSPS) is 10.2. The second-order valence-corrected chi connectivity index (χ2v) is 4.21. The van der Waals surface area contributed by atoms with E-state index >= 15 is 0 Å². The maximum atomic E-state index is 10.7. The van der Waals surface area contributed by atoms with E-state index in [1.165, 1.54) is 12.1 Å². The molecule has 2 aromatic rings. The van der Waals surface area contributed by atoms with E-state index in [0.29, 0.717) is 17.9 Å². The van der Waals surface area contributed by atoms with Gasteiger partial charge in [0.15, 0.2) is 0 Å². The van der Waals surface area contributed by atoms with Crippen LogP contribution in [0.5, 0.6) is 11.5 Å². The number of ether oxygens (including phenoxy) is 1. The molecular weight excluding hydrogens is 260 g/mol. The van der Waals surface area contributed by atoms with Crippen LogP contribution >= 0.6 is 0 Å². The smallest absolute Gasteiger partial charge is 0.270 e. The number of rotatable bonds is 5. The monoisotopic (exact) mass is 274 g/mol. The Kier molecular flexibility index (Phi) is 4.17. The molecule has 0 saturated carbocycles. The first-order chi connectivity index (χ1) is 9.60. The van der Waals surface area contributed by atoms with Crippen molar-refractivity contribution in [2.75, 3.05) is 0 Å². The van der Waals surface area contributed by atoms with E-state index in [9.17, 15) is 15.2 Å². The number of hydrogen-bond acceptors (Lipinski definition) is 5. The minimum atomic E-state index is -0.469. The zero-order chi connectivity index (χ0) is 14.5. The number of phenols is 1. The van der Waals surface area contributed by atoms with Gasteiger partial charge in [0.1, 0.15) is 18.1 Å². The van der Waals surface area contributed by atoms with E-state index in [2.05, 4.69) is 0 Å².